The van der Waals surface area contributed by atoms with Crippen molar-refractivity contribution in [3.63, 3.8) is 0 Å². The summed E-state index contributed by atoms with van der Waals surface area (Å²) in [6, 6.07) is 7.62. The number of ketones is 1. The smallest absolute Gasteiger partial charge is 0.186 e. The van der Waals surface area contributed by atoms with Gasteiger partial charge in [0.1, 0.15) is 0 Å². The molecule has 0 bridgehead atoms. The predicted molar refractivity (Wildman–Crippen MR) is 74.7 cm³/mol. The fourth-order valence-corrected chi connectivity index (χ4v) is 2.46. The molecule has 1 aliphatic rings. The van der Waals surface area contributed by atoms with E-state index in [1.807, 2.05) is 24.3 Å². The average molecular weight is 244 g/mol. The van der Waals surface area contributed by atoms with Crippen LogP contribution in [0.2, 0.25) is 0 Å². The zero-order chi connectivity index (χ0) is 12.3. The van der Waals surface area contributed by atoms with Crippen LogP contribution in [0, 0.1) is 0 Å². The van der Waals surface area contributed by atoms with Gasteiger partial charge >= 0.3 is 0 Å². The second-order valence-electron chi connectivity index (χ2n) is 4.37. The SMILES string of the molecule is CCCCCC1=CC(=O)c2ccccc2C1=S. The quantitative estimate of drug-likeness (QED) is 0.585. The first-order valence-corrected chi connectivity index (χ1v) is 6.53. The van der Waals surface area contributed by atoms with Crippen LogP contribution in [0.4, 0.5) is 0 Å². The number of benzene rings is 1. The summed E-state index contributed by atoms with van der Waals surface area (Å²) in [6.07, 6.45) is 6.13. The number of carbonyl (C=O) groups is 1. The molecular weight excluding hydrogens is 228 g/mol. The molecule has 0 spiro atoms. The van der Waals surface area contributed by atoms with E-state index in [4.69, 9.17) is 12.2 Å². The van der Waals surface area contributed by atoms with Crippen molar-refractivity contribution in [3.05, 3.63) is 47.0 Å². The average Bonchev–Trinajstić information content (AvgIpc) is 2.36. The molecule has 0 saturated carbocycles. The van der Waals surface area contributed by atoms with Crippen molar-refractivity contribution < 1.29 is 4.79 Å². The normalized spacial score (nSPS) is 14.5. The highest BCUT2D eigenvalue weighted by atomic mass is 32.1. The molecule has 0 heterocycles. The van der Waals surface area contributed by atoms with Crippen LogP contribution in [-0.4, -0.2) is 10.6 Å². The molecule has 1 nitrogen and oxygen atoms in total. The lowest BCUT2D eigenvalue weighted by molar-refractivity contribution is 0.104. The molecule has 0 saturated heterocycles. The monoisotopic (exact) mass is 244 g/mol. The Morgan fingerprint density at radius 2 is 1.82 bits per heavy atom. The van der Waals surface area contributed by atoms with Gasteiger partial charge in [-0.15, -0.1) is 0 Å². The largest absolute Gasteiger partial charge is 0.289 e. The third-order valence-corrected chi connectivity index (χ3v) is 3.57. The van der Waals surface area contributed by atoms with E-state index >= 15 is 0 Å². The minimum atomic E-state index is 0.0979. The number of fused-ring (bicyclic) bond motifs is 1. The molecule has 1 aromatic rings. The Labute approximate surface area is 108 Å². The summed E-state index contributed by atoms with van der Waals surface area (Å²) in [5.41, 5.74) is 2.72. The van der Waals surface area contributed by atoms with E-state index in [1.54, 1.807) is 6.08 Å². The molecule has 0 radical (unpaired) electrons. The molecule has 1 aromatic carbocycles. The van der Waals surface area contributed by atoms with Gasteiger partial charge < -0.3 is 0 Å². The summed E-state index contributed by atoms with van der Waals surface area (Å²) < 4.78 is 0. The first-order chi connectivity index (χ1) is 8.24. The zero-order valence-electron chi connectivity index (χ0n) is 10.0. The zero-order valence-corrected chi connectivity index (χ0v) is 10.8. The lowest BCUT2D eigenvalue weighted by Gasteiger charge is -2.17. The molecule has 88 valence electrons. The first-order valence-electron chi connectivity index (χ1n) is 6.12. The van der Waals surface area contributed by atoms with Crippen molar-refractivity contribution in [1.82, 2.24) is 0 Å². The number of rotatable bonds is 4. The summed E-state index contributed by atoms with van der Waals surface area (Å²) in [4.78, 5) is 12.8. The number of hydrogen-bond acceptors (Lipinski definition) is 2. The molecule has 2 heteroatoms. The maximum Gasteiger partial charge on any atom is 0.186 e. The van der Waals surface area contributed by atoms with Crippen LogP contribution in [0.5, 0.6) is 0 Å². The van der Waals surface area contributed by atoms with E-state index in [0.29, 0.717) is 0 Å². The number of thiocarbonyl (C=S) groups is 1. The van der Waals surface area contributed by atoms with Gasteiger partial charge in [-0.25, -0.2) is 0 Å². The van der Waals surface area contributed by atoms with Crippen molar-refractivity contribution in [2.75, 3.05) is 0 Å². The predicted octanol–water partition coefficient (Wildman–Crippen LogP) is 4.11. The Balaban J connectivity index is 2.23. The molecule has 0 aromatic heterocycles. The number of hydrogen-bond donors (Lipinski definition) is 0. The molecular formula is C15H16OS. The first kappa shape index (κ1) is 12.2. The fraction of sp³-hybridized carbons (Fsp3) is 0.333. The van der Waals surface area contributed by atoms with Gasteiger partial charge in [-0.2, -0.15) is 0 Å². The molecule has 0 fully saturated rings. The van der Waals surface area contributed by atoms with Crippen molar-refractivity contribution >= 4 is 22.9 Å². The second kappa shape index (κ2) is 5.37. The molecule has 0 aliphatic heterocycles. The lowest BCUT2D eigenvalue weighted by atomic mass is 9.88. The van der Waals surface area contributed by atoms with Gasteiger partial charge in [-0.1, -0.05) is 56.2 Å². The Morgan fingerprint density at radius 1 is 1.12 bits per heavy atom. The van der Waals surface area contributed by atoms with E-state index in [2.05, 4.69) is 6.92 Å². The third-order valence-electron chi connectivity index (χ3n) is 3.08. The Hall–Kier alpha value is -1.28. The van der Waals surface area contributed by atoms with Gasteiger partial charge in [-0.3, -0.25) is 4.79 Å². The summed E-state index contributed by atoms with van der Waals surface area (Å²) >= 11 is 5.46. The van der Waals surface area contributed by atoms with Crippen molar-refractivity contribution in [2.24, 2.45) is 0 Å². The Bertz CT molecular complexity index is 485. The Kier molecular flexibility index (Phi) is 3.85. The van der Waals surface area contributed by atoms with Crippen LogP contribution in [0.25, 0.3) is 0 Å². The second-order valence-corrected chi connectivity index (χ2v) is 4.77. The van der Waals surface area contributed by atoms with Gasteiger partial charge in [0, 0.05) is 16.0 Å². The van der Waals surface area contributed by atoms with E-state index in [0.717, 1.165) is 34.4 Å². The van der Waals surface area contributed by atoms with Crippen molar-refractivity contribution in [1.29, 1.82) is 0 Å². The minimum Gasteiger partial charge on any atom is -0.289 e. The minimum absolute atomic E-state index is 0.0979. The molecule has 0 N–H and O–H groups in total. The fourth-order valence-electron chi connectivity index (χ4n) is 2.12. The van der Waals surface area contributed by atoms with E-state index in [9.17, 15) is 4.79 Å². The molecule has 2 rings (SSSR count). The van der Waals surface area contributed by atoms with Crippen LogP contribution in [0.15, 0.2) is 35.9 Å². The summed E-state index contributed by atoms with van der Waals surface area (Å²) in [6.45, 7) is 2.17. The van der Waals surface area contributed by atoms with Gasteiger partial charge in [-0.05, 0) is 24.5 Å². The van der Waals surface area contributed by atoms with Gasteiger partial charge in [0.15, 0.2) is 5.78 Å². The third kappa shape index (κ3) is 2.52. The van der Waals surface area contributed by atoms with Crippen molar-refractivity contribution in [3.8, 4) is 0 Å². The highest BCUT2D eigenvalue weighted by molar-refractivity contribution is 7.81. The van der Waals surface area contributed by atoms with Crippen LogP contribution in [0.3, 0.4) is 0 Å². The van der Waals surface area contributed by atoms with Crippen LogP contribution >= 0.6 is 12.2 Å². The highest BCUT2D eigenvalue weighted by Gasteiger charge is 2.21. The lowest BCUT2D eigenvalue weighted by Crippen LogP contribution is -2.15. The van der Waals surface area contributed by atoms with Gasteiger partial charge in [0.25, 0.3) is 0 Å². The standard InChI is InChI=1S/C15H16OS/c1-2-3-4-7-11-10-14(16)12-8-5-6-9-13(12)15(11)17/h5-6,8-10H,2-4,7H2,1H3. The van der Waals surface area contributed by atoms with Crippen LogP contribution in [0.1, 0.15) is 48.5 Å². The van der Waals surface area contributed by atoms with E-state index in [1.165, 1.54) is 12.8 Å². The van der Waals surface area contributed by atoms with E-state index in [-0.39, 0.29) is 5.78 Å². The molecule has 0 unspecified atom stereocenters. The number of carbonyl (C=O) groups excluding carboxylic acids is 1. The molecule has 17 heavy (non-hydrogen) atoms. The maximum absolute atomic E-state index is 11.9. The van der Waals surface area contributed by atoms with Crippen LogP contribution < -0.4 is 0 Å². The number of allylic oxidation sites excluding steroid dienone is 2. The topological polar surface area (TPSA) is 17.1 Å². The summed E-state index contributed by atoms with van der Waals surface area (Å²) in [5, 5.41) is 0. The van der Waals surface area contributed by atoms with Gasteiger partial charge in [0.2, 0.25) is 0 Å². The summed E-state index contributed by atoms with van der Waals surface area (Å²) in [5.74, 6) is 0.0979. The number of unbranched alkanes of at least 4 members (excludes halogenated alkanes) is 2. The highest BCUT2D eigenvalue weighted by Crippen LogP contribution is 2.25. The molecule has 0 atom stereocenters. The molecule has 0 amide bonds. The van der Waals surface area contributed by atoms with Crippen molar-refractivity contribution in [2.45, 2.75) is 32.6 Å². The molecule has 1 aliphatic carbocycles. The Morgan fingerprint density at radius 3 is 2.53 bits per heavy atom. The maximum atomic E-state index is 11.9. The van der Waals surface area contributed by atoms with E-state index < -0.39 is 0 Å². The summed E-state index contributed by atoms with van der Waals surface area (Å²) in [7, 11) is 0. The van der Waals surface area contributed by atoms with Crippen LogP contribution in [-0.2, 0) is 0 Å². The van der Waals surface area contributed by atoms with Gasteiger partial charge in [0.05, 0.1) is 0 Å².